The molecule has 0 saturated carbocycles. The topological polar surface area (TPSA) is 48.1 Å². The van der Waals surface area contributed by atoms with Crippen molar-refractivity contribution < 1.29 is 17.9 Å². The van der Waals surface area contributed by atoms with Crippen molar-refractivity contribution in [2.24, 2.45) is 0 Å². The van der Waals surface area contributed by atoms with E-state index in [2.05, 4.69) is 9.72 Å². The summed E-state index contributed by atoms with van der Waals surface area (Å²) in [5.74, 6) is -0.324. The maximum absolute atomic E-state index is 12.3. The maximum Gasteiger partial charge on any atom is 0.573 e. The van der Waals surface area contributed by atoms with Gasteiger partial charge in [0, 0.05) is 17.4 Å². The number of anilines is 1. The Kier molecular flexibility index (Phi) is 3.10. The number of aromatic nitrogens is 1. The van der Waals surface area contributed by atoms with Crippen molar-refractivity contribution in [2.45, 2.75) is 6.36 Å². The summed E-state index contributed by atoms with van der Waals surface area (Å²) in [5, 5.41) is 0. The number of nitrogens with two attached hydrogens (primary N) is 1. The molecule has 94 valence electrons. The molecule has 3 nitrogen and oxygen atoms in total. The first-order valence-corrected chi connectivity index (χ1v) is 5.02. The quantitative estimate of drug-likeness (QED) is 0.837. The number of rotatable bonds is 2. The minimum absolute atomic E-state index is 0.202. The third-order valence-corrected chi connectivity index (χ3v) is 2.17. The fourth-order valence-corrected chi connectivity index (χ4v) is 1.48. The van der Waals surface area contributed by atoms with Crippen LogP contribution in [0.15, 0.2) is 42.6 Å². The van der Waals surface area contributed by atoms with E-state index >= 15 is 0 Å². The van der Waals surface area contributed by atoms with Crippen molar-refractivity contribution in [3.63, 3.8) is 0 Å². The zero-order chi connectivity index (χ0) is 13.2. The maximum atomic E-state index is 12.3. The Balaban J connectivity index is 2.48. The van der Waals surface area contributed by atoms with Crippen molar-refractivity contribution in [2.75, 3.05) is 5.73 Å². The van der Waals surface area contributed by atoms with Crippen LogP contribution in [0.5, 0.6) is 5.75 Å². The number of hydrogen-bond donors (Lipinski definition) is 1. The van der Waals surface area contributed by atoms with Crippen LogP contribution in [0.2, 0.25) is 0 Å². The van der Waals surface area contributed by atoms with Crippen LogP contribution < -0.4 is 10.5 Å². The Hall–Kier alpha value is -2.24. The molecule has 0 saturated heterocycles. The fourth-order valence-electron chi connectivity index (χ4n) is 1.48. The van der Waals surface area contributed by atoms with Gasteiger partial charge in [0.1, 0.15) is 5.75 Å². The predicted octanol–water partition coefficient (Wildman–Crippen LogP) is 3.23. The van der Waals surface area contributed by atoms with E-state index in [-0.39, 0.29) is 11.3 Å². The average Bonchev–Trinajstić information content (AvgIpc) is 2.31. The minimum atomic E-state index is -4.75. The first-order valence-electron chi connectivity index (χ1n) is 5.02. The Morgan fingerprint density at radius 3 is 2.50 bits per heavy atom. The van der Waals surface area contributed by atoms with Gasteiger partial charge in [0.2, 0.25) is 0 Å². The third kappa shape index (κ3) is 2.91. The van der Waals surface area contributed by atoms with Gasteiger partial charge in [-0.2, -0.15) is 0 Å². The van der Waals surface area contributed by atoms with Crippen LogP contribution in [0, 0.1) is 0 Å². The highest BCUT2D eigenvalue weighted by atomic mass is 19.4. The minimum Gasteiger partial charge on any atom is -0.405 e. The first-order chi connectivity index (χ1) is 8.46. The van der Waals surface area contributed by atoms with Crippen molar-refractivity contribution in [3.8, 4) is 17.0 Å². The van der Waals surface area contributed by atoms with Gasteiger partial charge in [-0.1, -0.05) is 6.07 Å². The van der Waals surface area contributed by atoms with Gasteiger partial charge >= 0.3 is 6.36 Å². The van der Waals surface area contributed by atoms with Crippen LogP contribution >= 0.6 is 0 Å². The van der Waals surface area contributed by atoms with Crippen molar-refractivity contribution in [3.05, 3.63) is 42.6 Å². The van der Waals surface area contributed by atoms with Crippen LogP contribution in [0.3, 0.4) is 0 Å². The lowest BCUT2D eigenvalue weighted by Gasteiger charge is -2.13. The number of nitrogens with zero attached hydrogens (tertiary/aromatic N) is 1. The monoisotopic (exact) mass is 254 g/mol. The standard InChI is InChI=1S/C12H9F3N2O/c13-12(14,15)18-11-5-4-8(16)7-9(11)10-3-1-2-6-17-10/h1-7H,16H2. The molecule has 1 heterocycles. The van der Waals surface area contributed by atoms with Crippen LogP contribution in [0.25, 0.3) is 11.3 Å². The normalized spacial score (nSPS) is 11.3. The van der Waals surface area contributed by atoms with E-state index in [1.807, 2.05) is 0 Å². The van der Waals surface area contributed by atoms with E-state index < -0.39 is 6.36 Å². The molecule has 1 aromatic carbocycles. The Morgan fingerprint density at radius 1 is 1.11 bits per heavy atom. The number of ether oxygens (including phenoxy) is 1. The van der Waals surface area contributed by atoms with Crippen LogP contribution in [0.4, 0.5) is 18.9 Å². The third-order valence-electron chi connectivity index (χ3n) is 2.17. The highest BCUT2D eigenvalue weighted by Gasteiger charge is 2.32. The molecule has 0 bridgehead atoms. The summed E-state index contributed by atoms with van der Waals surface area (Å²) in [6.07, 6.45) is -3.27. The van der Waals surface area contributed by atoms with E-state index in [0.717, 1.165) is 0 Å². The molecule has 0 radical (unpaired) electrons. The van der Waals surface area contributed by atoms with Gasteiger partial charge in [-0.25, -0.2) is 0 Å². The number of nitrogen functional groups attached to an aromatic ring is 1. The summed E-state index contributed by atoms with van der Waals surface area (Å²) >= 11 is 0. The molecule has 0 aliphatic rings. The molecule has 2 aromatic rings. The SMILES string of the molecule is Nc1ccc(OC(F)(F)F)c(-c2ccccn2)c1. The highest BCUT2D eigenvalue weighted by Crippen LogP contribution is 2.34. The molecule has 0 spiro atoms. The van der Waals surface area contributed by atoms with E-state index in [1.54, 1.807) is 18.2 Å². The van der Waals surface area contributed by atoms with Crippen LogP contribution in [0.1, 0.15) is 0 Å². The lowest BCUT2D eigenvalue weighted by Crippen LogP contribution is -2.17. The largest absolute Gasteiger partial charge is 0.573 e. The van der Waals surface area contributed by atoms with E-state index in [4.69, 9.17) is 5.73 Å². The van der Waals surface area contributed by atoms with Gasteiger partial charge in [0.15, 0.2) is 0 Å². The second-order valence-electron chi connectivity index (χ2n) is 3.52. The molecular formula is C12H9F3N2O. The van der Waals surface area contributed by atoms with E-state index in [0.29, 0.717) is 11.4 Å². The Morgan fingerprint density at radius 2 is 1.89 bits per heavy atom. The van der Waals surface area contributed by atoms with Gasteiger partial charge in [0.05, 0.1) is 5.69 Å². The number of benzene rings is 1. The summed E-state index contributed by atoms with van der Waals surface area (Å²) in [5.41, 5.74) is 6.47. The smallest absolute Gasteiger partial charge is 0.405 e. The van der Waals surface area contributed by atoms with Gasteiger partial charge < -0.3 is 10.5 Å². The van der Waals surface area contributed by atoms with Crippen molar-refractivity contribution in [1.82, 2.24) is 4.98 Å². The molecule has 6 heteroatoms. The Labute approximate surface area is 101 Å². The molecule has 1 aromatic heterocycles. The van der Waals surface area contributed by atoms with Crippen molar-refractivity contribution in [1.29, 1.82) is 0 Å². The average molecular weight is 254 g/mol. The second kappa shape index (κ2) is 4.56. The molecule has 0 aliphatic heterocycles. The number of alkyl halides is 3. The Bertz CT molecular complexity index is 541. The molecule has 0 aliphatic carbocycles. The fraction of sp³-hybridized carbons (Fsp3) is 0.0833. The van der Waals surface area contributed by atoms with Crippen LogP contribution in [-0.4, -0.2) is 11.3 Å². The zero-order valence-electron chi connectivity index (χ0n) is 9.11. The number of pyridine rings is 1. The zero-order valence-corrected chi connectivity index (χ0v) is 9.11. The van der Waals surface area contributed by atoms with E-state index in [1.165, 1.54) is 24.4 Å². The lowest BCUT2D eigenvalue weighted by atomic mass is 10.1. The van der Waals surface area contributed by atoms with Crippen molar-refractivity contribution >= 4 is 5.69 Å². The van der Waals surface area contributed by atoms with Crippen LogP contribution in [-0.2, 0) is 0 Å². The molecule has 0 amide bonds. The summed E-state index contributed by atoms with van der Waals surface area (Å²) in [7, 11) is 0. The summed E-state index contributed by atoms with van der Waals surface area (Å²) in [6.45, 7) is 0. The number of halogens is 3. The van der Waals surface area contributed by atoms with Gasteiger partial charge in [-0.05, 0) is 30.3 Å². The lowest BCUT2D eigenvalue weighted by molar-refractivity contribution is -0.274. The predicted molar refractivity (Wildman–Crippen MR) is 60.8 cm³/mol. The van der Waals surface area contributed by atoms with Gasteiger partial charge in [-0.15, -0.1) is 13.2 Å². The van der Waals surface area contributed by atoms with E-state index in [9.17, 15) is 13.2 Å². The summed E-state index contributed by atoms with van der Waals surface area (Å²) in [6, 6.07) is 8.82. The highest BCUT2D eigenvalue weighted by molar-refractivity contribution is 5.71. The summed E-state index contributed by atoms with van der Waals surface area (Å²) < 4.78 is 40.7. The molecule has 0 unspecified atom stereocenters. The molecule has 18 heavy (non-hydrogen) atoms. The molecule has 0 atom stereocenters. The molecule has 2 rings (SSSR count). The number of hydrogen-bond acceptors (Lipinski definition) is 3. The molecule has 2 N–H and O–H groups in total. The second-order valence-corrected chi connectivity index (χ2v) is 3.52. The molecular weight excluding hydrogens is 245 g/mol. The molecule has 0 fully saturated rings. The first kappa shape index (κ1) is 12.2. The van der Waals surface area contributed by atoms with Gasteiger partial charge in [-0.3, -0.25) is 4.98 Å². The summed E-state index contributed by atoms with van der Waals surface area (Å²) in [4.78, 5) is 3.98. The van der Waals surface area contributed by atoms with Gasteiger partial charge in [0.25, 0.3) is 0 Å².